The Labute approximate surface area is 111 Å². The fourth-order valence-corrected chi connectivity index (χ4v) is 1.76. The van der Waals surface area contributed by atoms with E-state index in [0.717, 1.165) is 24.1 Å². The Bertz CT molecular complexity index is 606. The zero-order valence-electron chi connectivity index (χ0n) is 10.7. The van der Waals surface area contributed by atoms with E-state index >= 15 is 0 Å². The van der Waals surface area contributed by atoms with Crippen LogP contribution in [0.1, 0.15) is 31.0 Å². The van der Waals surface area contributed by atoms with Gasteiger partial charge in [-0.2, -0.15) is 5.26 Å². The lowest BCUT2D eigenvalue weighted by molar-refractivity contribution is -0.117. The van der Waals surface area contributed by atoms with Crippen molar-refractivity contribution < 1.29 is 9.21 Å². The van der Waals surface area contributed by atoms with Crippen LogP contribution in [0.2, 0.25) is 0 Å². The molecule has 1 aromatic heterocycles. The molecule has 4 heteroatoms. The minimum absolute atomic E-state index is 0.191. The molecule has 0 fully saturated rings. The molecule has 0 atom stereocenters. The molecule has 0 N–H and O–H groups in total. The number of hydrogen-bond donors (Lipinski definition) is 0. The Balaban J connectivity index is 2.03. The van der Waals surface area contributed by atoms with Crippen LogP contribution in [0.25, 0.3) is 11.5 Å². The quantitative estimate of drug-likeness (QED) is 0.822. The maximum absolute atomic E-state index is 10.9. The predicted octanol–water partition coefficient (Wildman–Crippen LogP) is 3.12. The molecule has 0 saturated carbocycles. The van der Waals surface area contributed by atoms with Gasteiger partial charge in [0.05, 0.1) is 17.3 Å². The van der Waals surface area contributed by atoms with Crippen molar-refractivity contribution in [1.82, 2.24) is 4.98 Å². The van der Waals surface area contributed by atoms with Crippen LogP contribution in [0.5, 0.6) is 0 Å². The smallest absolute Gasteiger partial charge is 0.226 e. The van der Waals surface area contributed by atoms with Gasteiger partial charge in [-0.15, -0.1) is 0 Å². The maximum Gasteiger partial charge on any atom is 0.226 e. The molecule has 1 heterocycles. The predicted molar refractivity (Wildman–Crippen MR) is 70.3 cm³/mol. The normalized spacial score (nSPS) is 10.1. The number of aryl methyl sites for hydroxylation is 1. The first-order valence-corrected chi connectivity index (χ1v) is 6.13. The number of aromatic nitrogens is 1. The molecule has 2 rings (SSSR count). The summed E-state index contributed by atoms with van der Waals surface area (Å²) in [7, 11) is 0. The lowest BCUT2D eigenvalue weighted by Gasteiger charge is -1.95. The van der Waals surface area contributed by atoms with Crippen molar-refractivity contribution in [3.05, 3.63) is 41.8 Å². The third kappa shape index (κ3) is 3.52. The van der Waals surface area contributed by atoms with Gasteiger partial charge in [0, 0.05) is 12.0 Å². The number of ketones is 1. The van der Waals surface area contributed by atoms with E-state index in [2.05, 4.69) is 11.1 Å². The fraction of sp³-hybridized carbons (Fsp3) is 0.267. The van der Waals surface area contributed by atoms with Gasteiger partial charge in [-0.3, -0.25) is 0 Å². The van der Waals surface area contributed by atoms with Gasteiger partial charge in [-0.05, 0) is 44.0 Å². The van der Waals surface area contributed by atoms with E-state index in [4.69, 9.17) is 9.68 Å². The number of hydrogen-bond acceptors (Lipinski definition) is 4. The number of benzene rings is 1. The van der Waals surface area contributed by atoms with Crippen molar-refractivity contribution in [2.24, 2.45) is 0 Å². The standard InChI is InChI=1S/C15H14N2O2/c1-11(18)3-2-4-14-10-19-15(17-14)13-7-5-12(9-16)6-8-13/h5-8,10H,2-4H2,1H3. The molecule has 2 aromatic rings. The number of nitriles is 1. The zero-order valence-corrected chi connectivity index (χ0v) is 10.7. The summed E-state index contributed by atoms with van der Waals surface area (Å²) in [5, 5.41) is 8.73. The average Bonchev–Trinajstić information content (AvgIpc) is 2.87. The van der Waals surface area contributed by atoms with Crippen molar-refractivity contribution in [3.63, 3.8) is 0 Å². The molecular formula is C15H14N2O2. The largest absolute Gasteiger partial charge is 0.444 e. The minimum Gasteiger partial charge on any atom is -0.444 e. The number of carbonyl (C=O) groups excluding carboxylic acids is 1. The number of carbonyl (C=O) groups is 1. The summed E-state index contributed by atoms with van der Waals surface area (Å²) in [6, 6.07) is 9.15. The molecule has 19 heavy (non-hydrogen) atoms. The van der Waals surface area contributed by atoms with Gasteiger partial charge in [0.2, 0.25) is 5.89 Å². The van der Waals surface area contributed by atoms with E-state index in [0.29, 0.717) is 17.9 Å². The number of Topliss-reactive ketones (excluding diaryl/α,β-unsaturated/α-hetero) is 1. The molecular weight excluding hydrogens is 240 g/mol. The van der Waals surface area contributed by atoms with Gasteiger partial charge >= 0.3 is 0 Å². The van der Waals surface area contributed by atoms with Crippen LogP contribution in [0, 0.1) is 11.3 Å². The van der Waals surface area contributed by atoms with Crippen LogP contribution in [0.15, 0.2) is 34.9 Å². The first-order chi connectivity index (χ1) is 9.19. The number of nitrogens with zero attached hydrogens (tertiary/aromatic N) is 2. The molecule has 0 aliphatic heterocycles. The Morgan fingerprint density at radius 1 is 1.37 bits per heavy atom. The fourth-order valence-electron chi connectivity index (χ4n) is 1.76. The minimum atomic E-state index is 0.191. The summed E-state index contributed by atoms with van der Waals surface area (Å²) in [4.78, 5) is 15.2. The van der Waals surface area contributed by atoms with Crippen molar-refractivity contribution in [2.45, 2.75) is 26.2 Å². The summed E-state index contributed by atoms with van der Waals surface area (Å²) in [6.45, 7) is 1.59. The summed E-state index contributed by atoms with van der Waals surface area (Å²) in [6.07, 6.45) is 3.71. The Kier molecular flexibility index (Phi) is 4.09. The van der Waals surface area contributed by atoms with Gasteiger partial charge in [0.15, 0.2) is 0 Å². The molecule has 0 amide bonds. The summed E-state index contributed by atoms with van der Waals surface area (Å²) in [5.74, 6) is 0.734. The van der Waals surface area contributed by atoms with E-state index < -0.39 is 0 Å². The van der Waals surface area contributed by atoms with Crippen LogP contribution in [-0.4, -0.2) is 10.8 Å². The second-order valence-corrected chi connectivity index (χ2v) is 4.39. The van der Waals surface area contributed by atoms with Crippen LogP contribution in [0.4, 0.5) is 0 Å². The molecule has 0 unspecified atom stereocenters. The highest BCUT2D eigenvalue weighted by Gasteiger charge is 2.07. The lowest BCUT2D eigenvalue weighted by Crippen LogP contribution is -1.92. The van der Waals surface area contributed by atoms with E-state index in [-0.39, 0.29) is 5.78 Å². The Morgan fingerprint density at radius 3 is 2.74 bits per heavy atom. The van der Waals surface area contributed by atoms with Crippen LogP contribution in [0.3, 0.4) is 0 Å². The first kappa shape index (κ1) is 13.0. The number of rotatable bonds is 5. The Hall–Kier alpha value is -2.41. The molecule has 0 aliphatic carbocycles. The van der Waals surface area contributed by atoms with E-state index in [1.807, 2.05) is 12.1 Å². The molecule has 0 aliphatic rings. The molecule has 0 spiro atoms. The highest BCUT2D eigenvalue weighted by Crippen LogP contribution is 2.19. The summed E-state index contributed by atoms with van der Waals surface area (Å²) in [5.41, 5.74) is 2.30. The highest BCUT2D eigenvalue weighted by atomic mass is 16.3. The third-order valence-corrected chi connectivity index (χ3v) is 2.77. The van der Waals surface area contributed by atoms with E-state index in [9.17, 15) is 4.79 Å². The average molecular weight is 254 g/mol. The second kappa shape index (κ2) is 5.96. The van der Waals surface area contributed by atoms with Crippen molar-refractivity contribution >= 4 is 5.78 Å². The van der Waals surface area contributed by atoms with E-state index in [1.165, 1.54) is 0 Å². The molecule has 96 valence electrons. The molecule has 4 nitrogen and oxygen atoms in total. The summed E-state index contributed by atoms with van der Waals surface area (Å²) < 4.78 is 5.40. The Morgan fingerprint density at radius 2 is 2.11 bits per heavy atom. The SMILES string of the molecule is CC(=O)CCCc1coc(-c2ccc(C#N)cc2)n1. The van der Waals surface area contributed by atoms with Gasteiger partial charge in [-0.25, -0.2) is 4.98 Å². The third-order valence-electron chi connectivity index (χ3n) is 2.77. The van der Waals surface area contributed by atoms with Crippen molar-refractivity contribution in [3.8, 4) is 17.5 Å². The van der Waals surface area contributed by atoms with Crippen molar-refractivity contribution in [2.75, 3.05) is 0 Å². The van der Waals surface area contributed by atoms with Gasteiger partial charge in [0.25, 0.3) is 0 Å². The van der Waals surface area contributed by atoms with Gasteiger partial charge < -0.3 is 9.21 Å². The van der Waals surface area contributed by atoms with Gasteiger partial charge in [-0.1, -0.05) is 0 Å². The van der Waals surface area contributed by atoms with Crippen molar-refractivity contribution in [1.29, 1.82) is 5.26 Å². The number of oxazole rings is 1. The molecule has 1 aromatic carbocycles. The first-order valence-electron chi connectivity index (χ1n) is 6.13. The van der Waals surface area contributed by atoms with Crippen LogP contribution in [-0.2, 0) is 11.2 Å². The zero-order chi connectivity index (χ0) is 13.7. The topological polar surface area (TPSA) is 66.9 Å². The lowest BCUT2D eigenvalue weighted by atomic mass is 10.1. The highest BCUT2D eigenvalue weighted by molar-refractivity contribution is 5.75. The molecule has 0 bridgehead atoms. The monoisotopic (exact) mass is 254 g/mol. The second-order valence-electron chi connectivity index (χ2n) is 4.39. The summed E-state index contributed by atoms with van der Waals surface area (Å²) >= 11 is 0. The van der Waals surface area contributed by atoms with Crippen LogP contribution < -0.4 is 0 Å². The van der Waals surface area contributed by atoms with Crippen LogP contribution >= 0.6 is 0 Å². The van der Waals surface area contributed by atoms with E-state index in [1.54, 1.807) is 25.3 Å². The van der Waals surface area contributed by atoms with Gasteiger partial charge in [0.1, 0.15) is 12.0 Å². The maximum atomic E-state index is 10.9. The molecule has 0 saturated heterocycles. The molecule has 0 radical (unpaired) electrons.